The monoisotopic (exact) mass is 293 g/mol. The molecule has 116 valence electrons. The summed E-state index contributed by atoms with van der Waals surface area (Å²) in [7, 11) is 3.55. The average Bonchev–Trinajstić information content (AvgIpc) is 2.70. The topological polar surface area (TPSA) is 29.5 Å². The molecule has 0 radical (unpaired) electrons. The number of fused-ring (bicyclic) bond motifs is 2. The van der Waals surface area contributed by atoms with E-state index in [0.717, 1.165) is 24.8 Å². The molecule has 4 atom stereocenters. The summed E-state index contributed by atoms with van der Waals surface area (Å²) in [4.78, 5) is 14.5. The Hall–Kier alpha value is -1.42. The number of benzene rings is 1. The van der Waals surface area contributed by atoms with E-state index in [1.807, 2.05) is 0 Å². The lowest BCUT2D eigenvalue weighted by atomic mass is 9.76. The summed E-state index contributed by atoms with van der Waals surface area (Å²) in [6.45, 7) is 0. The van der Waals surface area contributed by atoms with Crippen LogP contribution in [0.25, 0.3) is 0 Å². The van der Waals surface area contributed by atoms with Gasteiger partial charge in [-0.1, -0.05) is 19.6 Å². The second kappa shape index (κ2) is 6.14. The number of carbonyl (C=O) groups is 1. The maximum absolute atomic E-state index is 13.1. The molecule has 2 aliphatic heterocycles. The Morgan fingerprint density at radius 2 is 1.95 bits per heavy atom. The number of piperidine rings is 1. The van der Waals surface area contributed by atoms with E-state index in [1.54, 1.807) is 12.1 Å². The van der Waals surface area contributed by atoms with Crippen molar-refractivity contribution in [1.82, 2.24) is 4.90 Å². The third kappa shape index (κ3) is 2.69. The minimum Gasteiger partial charge on any atom is -0.469 e. The van der Waals surface area contributed by atoms with Crippen LogP contribution in [0.5, 0.6) is 0 Å². The summed E-state index contributed by atoms with van der Waals surface area (Å²) in [5.41, 5.74) is 1.05. The van der Waals surface area contributed by atoms with Crippen molar-refractivity contribution in [2.24, 2.45) is 5.92 Å². The molecule has 1 aromatic carbocycles. The number of hydrogen-bond acceptors (Lipinski definition) is 3. The van der Waals surface area contributed by atoms with Crippen LogP contribution < -0.4 is 0 Å². The third-order valence-corrected chi connectivity index (χ3v) is 5.04. The summed E-state index contributed by atoms with van der Waals surface area (Å²) in [6, 6.07) is 7.34. The van der Waals surface area contributed by atoms with Crippen LogP contribution in [-0.4, -0.2) is 37.1 Å². The quantitative estimate of drug-likeness (QED) is 0.784. The molecule has 3 rings (SSSR count). The molecule has 2 aliphatic rings. The Morgan fingerprint density at radius 3 is 2.57 bits per heavy atom. The van der Waals surface area contributed by atoms with Crippen LogP contribution in [0.1, 0.15) is 38.2 Å². The van der Waals surface area contributed by atoms with E-state index in [9.17, 15) is 9.18 Å². The summed E-state index contributed by atoms with van der Waals surface area (Å²) in [5, 5.41) is 0. The van der Waals surface area contributed by atoms with E-state index < -0.39 is 0 Å². The predicted octanol–water partition coefficient (Wildman–Crippen LogP) is 3.20. The second-order valence-corrected chi connectivity index (χ2v) is 5.91. The molecule has 0 aromatic heterocycles. The van der Waals surface area contributed by atoms with Gasteiger partial charge in [0.1, 0.15) is 5.82 Å². The maximum atomic E-state index is 13.1. The van der Waals surface area contributed by atoms with Gasteiger partial charge in [-0.2, -0.15) is 0 Å². The Morgan fingerprint density at radius 1 is 1.29 bits per heavy atom. The normalized spacial score (nSPS) is 31.6. The largest absolute Gasteiger partial charge is 0.469 e. The molecule has 21 heavy (non-hydrogen) atoms. The lowest BCUT2D eigenvalue weighted by molar-refractivity contribution is -0.150. The van der Waals surface area contributed by atoms with Crippen molar-refractivity contribution >= 4 is 5.97 Å². The van der Waals surface area contributed by atoms with Crippen LogP contribution >= 0.6 is 0 Å². The van der Waals surface area contributed by atoms with Crippen LogP contribution in [0.3, 0.4) is 0 Å². The zero-order valence-electron chi connectivity index (χ0n) is 11.9. The highest BCUT2D eigenvalue weighted by atomic mass is 19.1. The van der Waals surface area contributed by atoms with E-state index in [0.29, 0.717) is 6.04 Å². The van der Waals surface area contributed by atoms with Crippen molar-refractivity contribution in [2.75, 3.05) is 14.2 Å². The number of nitrogens with zero attached hydrogens (tertiary/aromatic N) is 1. The molecule has 2 saturated heterocycles. The molecule has 0 spiro atoms. The number of methoxy groups -OCH3 is 1. The Labute approximate surface area is 126 Å². The smallest absolute Gasteiger partial charge is 0.310 e. The van der Waals surface area contributed by atoms with Crippen LogP contribution in [0.4, 0.5) is 4.39 Å². The molecule has 2 unspecified atom stereocenters. The molecule has 4 heteroatoms. The lowest BCUT2D eigenvalue weighted by Gasteiger charge is -2.41. The minimum absolute atomic E-state index is 0. The van der Waals surface area contributed by atoms with Gasteiger partial charge in [0, 0.05) is 18.0 Å². The Kier molecular flexibility index (Phi) is 4.67. The zero-order valence-corrected chi connectivity index (χ0v) is 11.9. The molecule has 0 N–H and O–H groups in total. The first kappa shape index (κ1) is 16.0. The summed E-state index contributed by atoms with van der Waals surface area (Å²) in [6.07, 6.45) is 3.11. The van der Waals surface area contributed by atoms with E-state index >= 15 is 0 Å². The number of esters is 1. The maximum Gasteiger partial charge on any atom is 0.310 e. The van der Waals surface area contributed by atoms with Crippen molar-refractivity contribution in [3.63, 3.8) is 0 Å². The minimum atomic E-state index is -0.237. The second-order valence-electron chi connectivity index (χ2n) is 5.91. The average molecular weight is 293 g/mol. The van der Waals surface area contributed by atoms with E-state index in [1.165, 1.54) is 19.2 Å². The molecular formula is C17H24FNO2. The lowest BCUT2D eigenvalue weighted by Crippen LogP contribution is -2.49. The van der Waals surface area contributed by atoms with E-state index in [2.05, 4.69) is 11.9 Å². The first-order valence-corrected chi connectivity index (χ1v) is 7.17. The summed E-state index contributed by atoms with van der Waals surface area (Å²) < 4.78 is 18.1. The van der Waals surface area contributed by atoms with Crippen molar-refractivity contribution < 1.29 is 13.9 Å². The fourth-order valence-corrected chi connectivity index (χ4v) is 3.98. The number of halogens is 1. The molecule has 0 saturated carbocycles. The molecular weight excluding hydrogens is 269 g/mol. The molecule has 0 aliphatic carbocycles. The van der Waals surface area contributed by atoms with Crippen molar-refractivity contribution in [3.8, 4) is 0 Å². The van der Waals surface area contributed by atoms with Crippen molar-refractivity contribution in [3.05, 3.63) is 35.6 Å². The van der Waals surface area contributed by atoms with Gasteiger partial charge in [-0.3, -0.25) is 9.69 Å². The number of hydrogen-bond donors (Lipinski definition) is 0. The van der Waals surface area contributed by atoms with Crippen LogP contribution in [0.2, 0.25) is 0 Å². The van der Waals surface area contributed by atoms with E-state index in [4.69, 9.17) is 4.74 Å². The Balaban J connectivity index is 0.00000161. The van der Waals surface area contributed by atoms with Crippen molar-refractivity contribution in [2.45, 2.75) is 44.7 Å². The van der Waals surface area contributed by atoms with Gasteiger partial charge < -0.3 is 4.74 Å². The standard InChI is InChI=1S/C16H20FNO2.CH4/c1-18-12-7-8-14(18)15(16(19)20-2)13(9-12)10-3-5-11(17)6-4-10;/h3-6,12-15H,7-9H2,1-2H3;1H4/t12-,13-,14?,15?;/m1./s1. The number of ether oxygens (including phenoxy) is 1. The molecule has 2 bridgehead atoms. The Bertz CT molecular complexity index is 502. The molecule has 2 heterocycles. The van der Waals surface area contributed by atoms with Gasteiger partial charge in [0.15, 0.2) is 0 Å². The van der Waals surface area contributed by atoms with Crippen LogP contribution in [0, 0.1) is 11.7 Å². The fourth-order valence-electron chi connectivity index (χ4n) is 3.98. The van der Waals surface area contributed by atoms with Gasteiger partial charge in [-0.15, -0.1) is 0 Å². The predicted molar refractivity (Wildman–Crippen MR) is 80.6 cm³/mol. The van der Waals surface area contributed by atoms with E-state index in [-0.39, 0.29) is 37.1 Å². The van der Waals surface area contributed by atoms with Crippen molar-refractivity contribution in [1.29, 1.82) is 0 Å². The summed E-state index contributed by atoms with van der Waals surface area (Å²) in [5.74, 6) is -0.387. The van der Waals surface area contributed by atoms with Gasteiger partial charge >= 0.3 is 5.97 Å². The molecule has 3 nitrogen and oxygen atoms in total. The van der Waals surface area contributed by atoms with Gasteiger partial charge in [0.05, 0.1) is 13.0 Å². The van der Waals surface area contributed by atoms with Gasteiger partial charge in [-0.25, -0.2) is 4.39 Å². The molecule has 0 amide bonds. The van der Waals surface area contributed by atoms with Gasteiger partial charge in [0.25, 0.3) is 0 Å². The highest BCUT2D eigenvalue weighted by Crippen LogP contribution is 2.46. The van der Waals surface area contributed by atoms with Gasteiger partial charge in [-0.05, 0) is 44.0 Å². The third-order valence-electron chi connectivity index (χ3n) is 5.04. The fraction of sp³-hybridized carbons (Fsp3) is 0.588. The van der Waals surface area contributed by atoms with Crippen LogP contribution in [-0.2, 0) is 9.53 Å². The zero-order chi connectivity index (χ0) is 14.3. The number of carbonyl (C=O) groups excluding carboxylic acids is 1. The highest BCUT2D eigenvalue weighted by Gasteiger charge is 2.49. The summed E-state index contributed by atoms with van der Waals surface area (Å²) >= 11 is 0. The number of rotatable bonds is 2. The molecule has 1 aromatic rings. The SMILES string of the molecule is C.COC(=O)C1C2CC[C@H](C[C@@H]1c1ccc(F)cc1)N2C. The highest BCUT2D eigenvalue weighted by molar-refractivity contribution is 5.75. The van der Waals surface area contributed by atoms with Gasteiger partial charge in [0.2, 0.25) is 0 Å². The van der Waals surface area contributed by atoms with Crippen LogP contribution in [0.15, 0.2) is 24.3 Å². The first-order valence-electron chi connectivity index (χ1n) is 7.17. The molecule has 2 fully saturated rings. The first-order chi connectivity index (χ1) is 9.61.